The molecule has 1 aliphatic rings. The van der Waals surface area contributed by atoms with Crippen molar-refractivity contribution in [3.8, 4) is 0 Å². The second-order valence-corrected chi connectivity index (χ2v) is 6.40. The van der Waals surface area contributed by atoms with Gasteiger partial charge in [-0.3, -0.25) is 5.10 Å². The Labute approximate surface area is 116 Å². The molecule has 0 spiro atoms. The molecular formula is C11H17N3O5S. The predicted molar refractivity (Wildman–Crippen MR) is 68.7 cm³/mol. The van der Waals surface area contributed by atoms with Crippen molar-refractivity contribution in [3.05, 3.63) is 11.4 Å². The number of nitrogens with zero attached hydrogens (tertiary/aromatic N) is 1. The van der Waals surface area contributed by atoms with E-state index in [2.05, 4.69) is 10.2 Å². The average Bonchev–Trinajstić information content (AvgIpc) is 2.95. The predicted octanol–water partition coefficient (Wildman–Crippen LogP) is 0.126. The van der Waals surface area contributed by atoms with Crippen molar-refractivity contribution in [2.45, 2.75) is 37.2 Å². The van der Waals surface area contributed by atoms with E-state index in [0.717, 1.165) is 0 Å². The van der Waals surface area contributed by atoms with Gasteiger partial charge in [0.25, 0.3) is 0 Å². The minimum absolute atomic E-state index is 0.174. The first-order chi connectivity index (χ1) is 9.30. The molecule has 1 unspecified atom stereocenters. The fourth-order valence-corrected chi connectivity index (χ4v) is 2.96. The van der Waals surface area contributed by atoms with Crippen molar-refractivity contribution in [3.63, 3.8) is 0 Å². The molecule has 1 atom stereocenters. The van der Waals surface area contributed by atoms with Crippen LogP contribution in [-0.2, 0) is 19.5 Å². The third-order valence-electron chi connectivity index (χ3n) is 2.96. The van der Waals surface area contributed by atoms with E-state index in [-0.39, 0.29) is 22.6 Å². The minimum atomic E-state index is -4.07. The highest BCUT2D eigenvalue weighted by Crippen LogP contribution is 2.25. The van der Waals surface area contributed by atoms with E-state index in [1.54, 1.807) is 13.8 Å². The molecular weight excluding hydrogens is 286 g/mol. The number of sulfonamides is 1. The Hall–Kier alpha value is -1.45. The molecule has 1 aliphatic heterocycles. The summed E-state index contributed by atoms with van der Waals surface area (Å²) in [5.41, 5.74) is -0.00905. The lowest BCUT2D eigenvalue weighted by Gasteiger charge is -2.10. The molecule has 1 saturated heterocycles. The molecule has 1 fully saturated rings. The summed E-state index contributed by atoms with van der Waals surface area (Å²) in [5.74, 6) is -0.986. The van der Waals surface area contributed by atoms with Crippen molar-refractivity contribution in [1.29, 1.82) is 0 Å². The quantitative estimate of drug-likeness (QED) is 0.761. The summed E-state index contributed by atoms with van der Waals surface area (Å²) < 4.78 is 33.6. The van der Waals surface area contributed by atoms with Crippen LogP contribution in [0.5, 0.6) is 0 Å². The Kier molecular flexibility index (Phi) is 4.11. The molecule has 20 heavy (non-hydrogen) atoms. The lowest BCUT2D eigenvalue weighted by atomic mass is 10.1. The fraction of sp³-hybridized carbons (Fsp3) is 0.636. The van der Waals surface area contributed by atoms with Crippen LogP contribution in [0, 0.1) is 0 Å². The highest BCUT2D eigenvalue weighted by atomic mass is 32.2. The van der Waals surface area contributed by atoms with Crippen LogP contribution < -0.4 is 5.14 Å². The number of carbonyl (C=O) groups is 1. The summed E-state index contributed by atoms with van der Waals surface area (Å²) in [7, 11) is -4.07. The smallest absolute Gasteiger partial charge is 0.360 e. The Bertz CT molecular complexity index is 602. The van der Waals surface area contributed by atoms with E-state index < -0.39 is 16.0 Å². The molecule has 0 aliphatic carbocycles. The maximum absolute atomic E-state index is 12.0. The Balaban J connectivity index is 2.33. The van der Waals surface area contributed by atoms with Crippen LogP contribution in [-0.4, -0.2) is 43.9 Å². The summed E-state index contributed by atoms with van der Waals surface area (Å²) in [6, 6.07) is 0. The van der Waals surface area contributed by atoms with Crippen LogP contribution in [0.25, 0.3) is 0 Å². The first kappa shape index (κ1) is 14.9. The molecule has 9 heteroatoms. The average molecular weight is 303 g/mol. The number of esters is 1. The number of hydrogen-bond donors (Lipinski definition) is 2. The van der Waals surface area contributed by atoms with Gasteiger partial charge in [-0.2, -0.15) is 5.10 Å². The standard InChI is InChI=1S/C11H17N3O5S/c1-6(2)8-10(20(12,16)17)9(14-13-8)11(15)19-7-3-4-18-5-7/h6-7H,3-5H2,1-2H3,(H,13,14)(H2,12,16,17). The lowest BCUT2D eigenvalue weighted by Crippen LogP contribution is -2.22. The molecule has 0 bridgehead atoms. The van der Waals surface area contributed by atoms with E-state index in [9.17, 15) is 13.2 Å². The van der Waals surface area contributed by atoms with Gasteiger partial charge in [0.15, 0.2) is 5.69 Å². The topological polar surface area (TPSA) is 124 Å². The van der Waals surface area contributed by atoms with Gasteiger partial charge in [-0.05, 0) is 5.92 Å². The molecule has 0 aromatic carbocycles. The molecule has 0 amide bonds. The van der Waals surface area contributed by atoms with Crippen LogP contribution in [0.4, 0.5) is 0 Å². The van der Waals surface area contributed by atoms with Crippen LogP contribution in [0.2, 0.25) is 0 Å². The highest BCUT2D eigenvalue weighted by Gasteiger charge is 2.31. The Morgan fingerprint density at radius 3 is 2.75 bits per heavy atom. The van der Waals surface area contributed by atoms with Crippen LogP contribution in [0.15, 0.2) is 4.90 Å². The molecule has 2 rings (SSSR count). The summed E-state index contributed by atoms with van der Waals surface area (Å²) in [6.07, 6.45) is 0.202. The second-order valence-electron chi connectivity index (χ2n) is 4.91. The number of ether oxygens (including phenoxy) is 2. The lowest BCUT2D eigenvalue weighted by molar-refractivity contribution is 0.0259. The molecule has 0 saturated carbocycles. The van der Waals surface area contributed by atoms with Crippen molar-refractivity contribution in [2.75, 3.05) is 13.2 Å². The summed E-state index contributed by atoms with van der Waals surface area (Å²) in [4.78, 5) is 11.7. The van der Waals surface area contributed by atoms with Gasteiger partial charge in [-0.1, -0.05) is 13.8 Å². The minimum Gasteiger partial charge on any atom is -0.455 e. The van der Waals surface area contributed by atoms with Crippen molar-refractivity contribution < 1.29 is 22.7 Å². The third-order valence-corrected chi connectivity index (χ3v) is 3.95. The van der Waals surface area contributed by atoms with Gasteiger partial charge in [0.05, 0.1) is 18.9 Å². The van der Waals surface area contributed by atoms with Crippen LogP contribution in [0.3, 0.4) is 0 Å². The van der Waals surface area contributed by atoms with Gasteiger partial charge in [-0.25, -0.2) is 18.4 Å². The number of carbonyl (C=O) groups excluding carboxylic acids is 1. The Morgan fingerprint density at radius 2 is 2.25 bits per heavy atom. The molecule has 112 valence electrons. The van der Waals surface area contributed by atoms with Gasteiger partial charge < -0.3 is 9.47 Å². The largest absolute Gasteiger partial charge is 0.455 e. The third kappa shape index (κ3) is 3.00. The normalized spacial score (nSPS) is 19.5. The van der Waals surface area contributed by atoms with Crippen molar-refractivity contribution >= 4 is 16.0 Å². The number of primary sulfonamides is 1. The number of nitrogens with two attached hydrogens (primary N) is 1. The monoisotopic (exact) mass is 303 g/mol. The summed E-state index contributed by atoms with van der Waals surface area (Å²) in [5, 5.41) is 11.5. The summed E-state index contributed by atoms with van der Waals surface area (Å²) >= 11 is 0. The zero-order valence-electron chi connectivity index (χ0n) is 11.3. The molecule has 0 radical (unpaired) electrons. The number of aromatic nitrogens is 2. The molecule has 8 nitrogen and oxygen atoms in total. The first-order valence-electron chi connectivity index (χ1n) is 6.20. The van der Waals surface area contributed by atoms with Crippen molar-refractivity contribution in [2.24, 2.45) is 5.14 Å². The van der Waals surface area contributed by atoms with E-state index in [4.69, 9.17) is 14.6 Å². The molecule has 1 aromatic rings. The number of aromatic amines is 1. The first-order valence-corrected chi connectivity index (χ1v) is 7.75. The molecule has 3 N–H and O–H groups in total. The number of hydrogen-bond acceptors (Lipinski definition) is 6. The zero-order chi connectivity index (χ0) is 14.9. The Morgan fingerprint density at radius 1 is 1.55 bits per heavy atom. The maximum Gasteiger partial charge on any atom is 0.360 e. The van der Waals surface area contributed by atoms with E-state index in [0.29, 0.717) is 25.3 Å². The highest BCUT2D eigenvalue weighted by molar-refractivity contribution is 7.89. The number of nitrogens with one attached hydrogen (secondary N) is 1. The SMILES string of the molecule is CC(C)c1[nH]nc(C(=O)OC2CCOC2)c1S(N)(=O)=O. The second kappa shape index (κ2) is 5.51. The van der Waals surface area contributed by atoms with Crippen LogP contribution >= 0.6 is 0 Å². The molecule has 1 aromatic heterocycles. The van der Waals surface area contributed by atoms with Crippen LogP contribution in [0.1, 0.15) is 42.4 Å². The van der Waals surface area contributed by atoms with Gasteiger partial charge in [0.1, 0.15) is 11.0 Å². The van der Waals surface area contributed by atoms with Gasteiger partial charge in [0.2, 0.25) is 10.0 Å². The van der Waals surface area contributed by atoms with Crippen molar-refractivity contribution in [1.82, 2.24) is 10.2 Å². The molecule has 2 heterocycles. The summed E-state index contributed by atoms with van der Waals surface area (Å²) in [6.45, 7) is 4.35. The zero-order valence-corrected chi connectivity index (χ0v) is 12.1. The van der Waals surface area contributed by atoms with Gasteiger partial charge in [-0.15, -0.1) is 0 Å². The van der Waals surface area contributed by atoms with E-state index in [1.807, 2.05) is 0 Å². The van der Waals surface area contributed by atoms with E-state index >= 15 is 0 Å². The maximum atomic E-state index is 12.0. The number of H-pyrrole nitrogens is 1. The van der Waals surface area contributed by atoms with Gasteiger partial charge >= 0.3 is 5.97 Å². The van der Waals surface area contributed by atoms with E-state index in [1.165, 1.54) is 0 Å². The fourth-order valence-electron chi connectivity index (χ4n) is 1.98. The van der Waals surface area contributed by atoms with Gasteiger partial charge in [0, 0.05) is 6.42 Å². The number of rotatable bonds is 4.